The number of nitrogens with one attached hydrogen (secondary N) is 1. The average molecular weight is 299 g/mol. The van der Waals surface area contributed by atoms with Crippen LogP contribution in [0.1, 0.15) is 31.1 Å². The first-order chi connectivity index (χ1) is 10.5. The maximum atomic E-state index is 12.1. The second-order valence-corrected chi connectivity index (χ2v) is 4.41. The molecule has 2 aromatic rings. The van der Waals surface area contributed by atoms with Gasteiger partial charge >= 0.3 is 11.9 Å². The number of aromatic carboxylic acids is 1. The number of esters is 1. The summed E-state index contributed by atoms with van der Waals surface area (Å²) in [7, 11) is 1.28. The van der Waals surface area contributed by atoms with E-state index in [1.54, 1.807) is 12.1 Å². The molecule has 6 heteroatoms. The molecule has 0 fully saturated rings. The quantitative estimate of drug-likeness (QED) is 0.846. The smallest absolute Gasteiger partial charge is 0.337 e. The first-order valence-electron chi connectivity index (χ1n) is 6.34. The SMILES string of the molecule is COC(=O)c1ccc(C(=O)Nc2cccc(C(=O)O)c2)cc1. The van der Waals surface area contributed by atoms with Crippen LogP contribution in [0.2, 0.25) is 0 Å². The summed E-state index contributed by atoms with van der Waals surface area (Å²) in [6, 6.07) is 11.9. The van der Waals surface area contributed by atoms with Gasteiger partial charge < -0.3 is 15.2 Å². The van der Waals surface area contributed by atoms with Crippen LogP contribution in [0.15, 0.2) is 48.5 Å². The van der Waals surface area contributed by atoms with Gasteiger partial charge in [-0.3, -0.25) is 4.79 Å². The second-order valence-electron chi connectivity index (χ2n) is 4.41. The molecule has 0 bridgehead atoms. The zero-order valence-electron chi connectivity index (χ0n) is 11.7. The lowest BCUT2D eigenvalue weighted by Gasteiger charge is -2.06. The number of amides is 1. The summed E-state index contributed by atoms with van der Waals surface area (Å²) >= 11 is 0. The van der Waals surface area contributed by atoms with Gasteiger partial charge in [0.1, 0.15) is 0 Å². The monoisotopic (exact) mass is 299 g/mol. The minimum atomic E-state index is -1.07. The molecule has 0 aliphatic carbocycles. The van der Waals surface area contributed by atoms with Crippen LogP contribution in [-0.4, -0.2) is 30.1 Å². The predicted octanol–water partition coefficient (Wildman–Crippen LogP) is 2.42. The summed E-state index contributed by atoms with van der Waals surface area (Å²) in [5.74, 6) is -1.96. The second kappa shape index (κ2) is 6.53. The molecule has 0 aliphatic heterocycles. The number of carboxylic acids is 1. The van der Waals surface area contributed by atoms with Crippen molar-refractivity contribution in [2.24, 2.45) is 0 Å². The van der Waals surface area contributed by atoms with Crippen molar-refractivity contribution >= 4 is 23.5 Å². The Hall–Kier alpha value is -3.15. The molecule has 0 radical (unpaired) electrons. The van der Waals surface area contributed by atoms with Crippen molar-refractivity contribution in [1.82, 2.24) is 0 Å². The van der Waals surface area contributed by atoms with Crippen LogP contribution in [0.3, 0.4) is 0 Å². The van der Waals surface area contributed by atoms with Crippen molar-refractivity contribution in [3.8, 4) is 0 Å². The van der Waals surface area contributed by atoms with Gasteiger partial charge in [0.2, 0.25) is 0 Å². The summed E-state index contributed by atoms with van der Waals surface area (Å²) in [4.78, 5) is 34.3. The van der Waals surface area contributed by atoms with E-state index >= 15 is 0 Å². The highest BCUT2D eigenvalue weighted by Gasteiger charge is 2.10. The summed E-state index contributed by atoms with van der Waals surface area (Å²) < 4.78 is 4.57. The van der Waals surface area contributed by atoms with Crippen molar-refractivity contribution in [3.63, 3.8) is 0 Å². The molecule has 0 heterocycles. The van der Waals surface area contributed by atoms with Gasteiger partial charge in [0.05, 0.1) is 18.2 Å². The Morgan fingerprint density at radius 3 is 2.18 bits per heavy atom. The lowest BCUT2D eigenvalue weighted by molar-refractivity contribution is 0.0599. The third kappa shape index (κ3) is 3.49. The molecule has 0 spiro atoms. The predicted molar refractivity (Wildman–Crippen MR) is 79.1 cm³/mol. The minimum absolute atomic E-state index is 0.0823. The molecule has 6 nitrogen and oxygen atoms in total. The summed E-state index contributed by atoms with van der Waals surface area (Å²) in [6.07, 6.45) is 0. The van der Waals surface area contributed by atoms with Crippen LogP contribution in [0.4, 0.5) is 5.69 Å². The van der Waals surface area contributed by atoms with Crippen LogP contribution in [0.5, 0.6) is 0 Å². The van der Waals surface area contributed by atoms with Crippen LogP contribution < -0.4 is 5.32 Å². The van der Waals surface area contributed by atoms with E-state index in [9.17, 15) is 14.4 Å². The molecule has 0 aromatic heterocycles. The fourth-order valence-electron chi connectivity index (χ4n) is 1.81. The van der Waals surface area contributed by atoms with E-state index < -0.39 is 17.8 Å². The lowest BCUT2D eigenvalue weighted by Crippen LogP contribution is -2.12. The van der Waals surface area contributed by atoms with E-state index in [0.29, 0.717) is 16.8 Å². The highest BCUT2D eigenvalue weighted by molar-refractivity contribution is 6.05. The fourth-order valence-corrected chi connectivity index (χ4v) is 1.81. The van der Waals surface area contributed by atoms with Gasteiger partial charge in [-0.2, -0.15) is 0 Å². The molecule has 2 rings (SSSR count). The first kappa shape index (κ1) is 15.2. The number of rotatable bonds is 4. The Bertz CT molecular complexity index is 722. The molecule has 22 heavy (non-hydrogen) atoms. The minimum Gasteiger partial charge on any atom is -0.478 e. The molecular formula is C16H13NO5. The standard InChI is InChI=1S/C16H13NO5/c1-22-16(21)11-7-5-10(6-8-11)14(18)17-13-4-2-3-12(9-13)15(19)20/h2-9H,1H3,(H,17,18)(H,19,20). The van der Waals surface area contributed by atoms with E-state index in [2.05, 4.69) is 10.1 Å². The highest BCUT2D eigenvalue weighted by atomic mass is 16.5. The van der Waals surface area contributed by atoms with Gasteiger partial charge in [-0.25, -0.2) is 9.59 Å². The molecule has 0 saturated heterocycles. The molecule has 112 valence electrons. The van der Waals surface area contributed by atoms with Gasteiger partial charge in [0.25, 0.3) is 5.91 Å². The molecule has 1 amide bonds. The molecule has 0 unspecified atom stereocenters. The number of methoxy groups -OCH3 is 1. The summed E-state index contributed by atoms with van der Waals surface area (Å²) in [5, 5.41) is 11.5. The zero-order valence-corrected chi connectivity index (χ0v) is 11.7. The zero-order chi connectivity index (χ0) is 16.1. The molecule has 0 aliphatic rings. The molecular weight excluding hydrogens is 286 g/mol. The Kier molecular flexibility index (Phi) is 4.53. The van der Waals surface area contributed by atoms with Crippen molar-refractivity contribution in [1.29, 1.82) is 0 Å². The maximum absolute atomic E-state index is 12.1. The van der Waals surface area contributed by atoms with Crippen LogP contribution in [0.25, 0.3) is 0 Å². The number of carbonyl (C=O) groups excluding carboxylic acids is 2. The van der Waals surface area contributed by atoms with Gasteiger partial charge in [-0.15, -0.1) is 0 Å². The highest BCUT2D eigenvalue weighted by Crippen LogP contribution is 2.13. The van der Waals surface area contributed by atoms with Crippen LogP contribution in [0, 0.1) is 0 Å². The Labute approximate surface area is 126 Å². The number of carbonyl (C=O) groups is 3. The van der Waals surface area contributed by atoms with Crippen LogP contribution in [-0.2, 0) is 4.74 Å². The third-order valence-corrected chi connectivity index (χ3v) is 2.94. The van der Waals surface area contributed by atoms with Crippen molar-refractivity contribution < 1.29 is 24.2 Å². The van der Waals surface area contributed by atoms with Gasteiger partial charge in [0, 0.05) is 11.3 Å². The number of anilines is 1. The van der Waals surface area contributed by atoms with E-state index in [1.807, 2.05) is 0 Å². The number of benzene rings is 2. The summed E-state index contributed by atoms with van der Waals surface area (Å²) in [5.41, 5.74) is 1.14. The number of hydrogen-bond acceptors (Lipinski definition) is 4. The van der Waals surface area contributed by atoms with Gasteiger partial charge in [-0.05, 0) is 42.5 Å². The van der Waals surface area contributed by atoms with Crippen molar-refractivity contribution in [3.05, 3.63) is 65.2 Å². The Morgan fingerprint density at radius 1 is 0.955 bits per heavy atom. The third-order valence-electron chi connectivity index (χ3n) is 2.94. The Morgan fingerprint density at radius 2 is 1.59 bits per heavy atom. The first-order valence-corrected chi connectivity index (χ1v) is 6.34. The molecule has 2 N–H and O–H groups in total. The average Bonchev–Trinajstić information content (AvgIpc) is 2.54. The topological polar surface area (TPSA) is 92.7 Å². The van der Waals surface area contributed by atoms with Crippen molar-refractivity contribution in [2.45, 2.75) is 0 Å². The molecule has 2 aromatic carbocycles. The van der Waals surface area contributed by atoms with E-state index in [-0.39, 0.29) is 5.56 Å². The van der Waals surface area contributed by atoms with E-state index in [0.717, 1.165) is 0 Å². The van der Waals surface area contributed by atoms with Gasteiger partial charge in [-0.1, -0.05) is 6.07 Å². The number of carboxylic acid groups (broad SMARTS) is 1. The molecule has 0 saturated carbocycles. The van der Waals surface area contributed by atoms with E-state index in [4.69, 9.17) is 5.11 Å². The lowest BCUT2D eigenvalue weighted by atomic mass is 10.1. The molecule has 0 atom stereocenters. The number of ether oxygens (including phenoxy) is 1. The van der Waals surface area contributed by atoms with Gasteiger partial charge in [0.15, 0.2) is 0 Å². The fraction of sp³-hybridized carbons (Fsp3) is 0.0625. The van der Waals surface area contributed by atoms with E-state index in [1.165, 1.54) is 43.5 Å². The largest absolute Gasteiger partial charge is 0.478 e. The van der Waals surface area contributed by atoms with Crippen LogP contribution >= 0.6 is 0 Å². The normalized spacial score (nSPS) is 9.86. The number of hydrogen-bond donors (Lipinski definition) is 2. The maximum Gasteiger partial charge on any atom is 0.337 e. The summed E-state index contributed by atoms with van der Waals surface area (Å²) in [6.45, 7) is 0. The van der Waals surface area contributed by atoms with Crippen molar-refractivity contribution in [2.75, 3.05) is 12.4 Å². The Balaban J connectivity index is 2.13.